The van der Waals surface area contributed by atoms with Crippen LogP contribution in [0.15, 0.2) is 12.4 Å². The lowest BCUT2D eigenvalue weighted by Crippen LogP contribution is -2.47. The molecule has 1 aromatic rings. The van der Waals surface area contributed by atoms with Crippen LogP contribution in [0.3, 0.4) is 0 Å². The Morgan fingerprint density at radius 3 is 2.43 bits per heavy atom. The SMILES string of the molecule is Fc1cnc(N2CCN(CCCC3OCCO3)CC2)nc1. The molecule has 2 fully saturated rings. The van der Waals surface area contributed by atoms with Gasteiger partial charge in [-0.1, -0.05) is 0 Å². The lowest BCUT2D eigenvalue weighted by Gasteiger charge is -2.34. The van der Waals surface area contributed by atoms with E-state index in [2.05, 4.69) is 19.8 Å². The maximum Gasteiger partial charge on any atom is 0.225 e. The number of rotatable bonds is 5. The molecule has 0 amide bonds. The summed E-state index contributed by atoms with van der Waals surface area (Å²) in [7, 11) is 0. The summed E-state index contributed by atoms with van der Waals surface area (Å²) in [5.74, 6) is 0.220. The van der Waals surface area contributed by atoms with Gasteiger partial charge in [0, 0.05) is 26.2 Å². The molecule has 2 aliphatic heterocycles. The van der Waals surface area contributed by atoms with E-state index in [4.69, 9.17) is 9.47 Å². The Morgan fingerprint density at radius 2 is 1.76 bits per heavy atom. The van der Waals surface area contributed by atoms with Crippen molar-refractivity contribution in [2.24, 2.45) is 0 Å². The highest BCUT2D eigenvalue weighted by Gasteiger charge is 2.20. The molecule has 0 N–H and O–H groups in total. The van der Waals surface area contributed by atoms with Gasteiger partial charge in [-0.25, -0.2) is 14.4 Å². The van der Waals surface area contributed by atoms with Gasteiger partial charge in [0.1, 0.15) is 0 Å². The maximum absolute atomic E-state index is 12.8. The summed E-state index contributed by atoms with van der Waals surface area (Å²) in [5.41, 5.74) is 0. The normalized spacial score (nSPS) is 21.1. The average Bonchev–Trinajstić information content (AvgIpc) is 3.02. The minimum Gasteiger partial charge on any atom is -0.350 e. The number of piperazine rings is 1. The van der Waals surface area contributed by atoms with Gasteiger partial charge in [0.15, 0.2) is 12.1 Å². The molecule has 3 heterocycles. The molecule has 2 aliphatic rings. The van der Waals surface area contributed by atoms with Crippen LogP contribution < -0.4 is 4.90 Å². The zero-order chi connectivity index (χ0) is 14.5. The van der Waals surface area contributed by atoms with Gasteiger partial charge in [0.05, 0.1) is 25.6 Å². The van der Waals surface area contributed by atoms with Crippen LogP contribution in [0.2, 0.25) is 0 Å². The summed E-state index contributed by atoms with van der Waals surface area (Å²) in [4.78, 5) is 12.6. The molecule has 0 bridgehead atoms. The van der Waals surface area contributed by atoms with Crippen molar-refractivity contribution in [3.63, 3.8) is 0 Å². The van der Waals surface area contributed by atoms with E-state index in [0.29, 0.717) is 5.95 Å². The molecule has 0 radical (unpaired) electrons. The van der Waals surface area contributed by atoms with Gasteiger partial charge in [-0.05, 0) is 19.4 Å². The van der Waals surface area contributed by atoms with Gasteiger partial charge >= 0.3 is 0 Å². The molecular weight excluding hydrogens is 275 g/mol. The topological polar surface area (TPSA) is 50.7 Å². The Kier molecular flexibility index (Phi) is 4.95. The first kappa shape index (κ1) is 14.6. The summed E-state index contributed by atoms with van der Waals surface area (Å²) in [6.45, 7) is 6.22. The van der Waals surface area contributed by atoms with Crippen molar-refractivity contribution in [1.29, 1.82) is 0 Å². The van der Waals surface area contributed by atoms with Crippen LogP contribution in [0.25, 0.3) is 0 Å². The van der Waals surface area contributed by atoms with Crippen LogP contribution in [-0.4, -0.2) is 67.1 Å². The lowest BCUT2D eigenvalue weighted by atomic mass is 10.2. The predicted octanol–water partition coefficient (Wildman–Crippen LogP) is 0.891. The third kappa shape index (κ3) is 4.09. The third-order valence-corrected chi connectivity index (χ3v) is 3.87. The Hall–Kier alpha value is -1.31. The lowest BCUT2D eigenvalue weighted by molar-refractivity contribution is -0.0488. The van der Waals surface area contributed by atoms with E-state index in [9.17, 15) is 4.39 Å². The predicted molar refractivity (Wildman–Crippen MR) is 75.6 cm³/mol. The summed E-state index contributed by atoms with van der Waals surface area (Å²) >= 11 is 0. The molecule has 0 saturated carbocycles. The van der Waals surface area contributed by atoms with Crippen molar-refractivity contribution >= 4 is 5.95 Å². The number of anilines is 1. The van der Waals surface area contributed by atoms with E-state index < -0.39 is 5.82 Å². The summed E-state index contributed by atoms with van der Waals surface area (Å²) in [6, 6.07) is 0. The zero-order valence-corrected chi connectivity index (χ0v) is 12.1. The van der Waals surface area contributed by atoms with E-state index in [-0.39, 0.29) is 6.29 Å². The standard InChI is InChI=1S/C14H21FN4O2/c15-12-10-16-14(17-11-12)19-6-4-18(5-7-19)3-1-2-13-20-8-9-21-13/h10-11,13H,1-9H2. The molecule has 3 rings (SSSR count). The number of hydrogen-bond acceptors (Lipinski definition) is 6. The molecule has 0 aliphatic carbocycles. The van der Waals surface area contributed by atoms with Crippen LogP contribution >= 0.6 is 0 Å². The van der Waals surface area contributed by atoms with Crippen molar-refractivity contribution < 1.29 is 13.9 Å². The number of hydrogen-bond donors (Lipinski definition) is 0. The molecule has 2 saturated heterocycles. The van der Waals surface area contributed by atoms with Crippen molar-refractivity contribution in [3.05, 3.63) is 18.2 Å². The van der Waals surface area contributed by atoms with E-state index >= 15 is 0 Å². The van der Waals surface area contributed by atoms with Crippen LogP contribution in [-0.2, 0) is 9.47 Å². The van der Waals surface area contributed by atoms with E-state index in [1.54, 1.807) is 0 Å². The molecule has 116 valence electrons. The van der Waals surface area contributed by atoms with E-state index in [1.807, 2.05) is 0 Å². The second kappa shape index (κ2) is 7.11. The number of nitrogens with zero attached hydrogens (tertiary/aromatic N) is 4. The third-order valence-electron chi connectivity index (χ3n) is 3.87. The largest absolute Gasteiger partial charge is 0.350 e. The number of halogens is 1. The molecule has 0 atom stereocenters. The monoisotopic (exact) mass is 296 g/mol. The highest BCUT2D eigenvalue weighted by Crippen LogP contribution is 2.13. The first-order chi connectivity index (χ1) is 10.3. The summed E-state index contributed by atoms with van der Waals surface area (Å²) in [6.07, 6.45) is 4.48. The molecule has 0 unspecified atom stereocenters. The quantitative estimate of drug-likeness (QED) is 0.804. The number of ether oxygens (including phenoxy) is 2. The van der Waals surface area contributed by atoms with Crippen molar-refractivity contribution in [2.75, 3.05) is 50.8 Å². The highest BCUT2D eigenvalue weighted by atomic mass is 19.1. The van der Waals surface area contributed by atoms with Crippen molar-refractivity contribution in [3.8, 4) is 0 Å². The molecule has 0 spiro atoms. The van der Waals surface area contributed by atoms with Crippen LogP contribution in [0.1, 0.15) is 12.8 Å². The Balaban J connectivity index is 1.37. The minimum absolute atomic E-state index is 0.00101. The Bertz CT molecular complexity index is 431. The van der Waals surface area contributed by atoms with Gasteiger partial charge in [-0.2, -0.15) is 0 Å². The molecule has 7 heteroatoms. The smallest absolute Gasteiger partial charge is 0.225 e. The molecule has 6 nitrogen and oxygen atoms in total. The first-order valence-corrected chi connectivity index (χ1v) is 7.49. The van der Waals surface area contributed by atoms with E-state index in [0.717, 1.165) is 58.8 Å². The Morgan fingerprint density at radius 1 is 1.10 bits per heavy atom. The second-order valence-electron chi connectivity index (χ2n) is 5.34. The average molecular weight is 296 g/mol. The van der Waals surface area contributed by atoms with Gasteiger partial charge in [-0.3, -0.25) is 4.90 Å². The van der Waals surface area contributed by atoms with Gasteiger partial charge < -0.3 is 14.4 Å². The van der Waals surface area contributed by atoms with Gasteiger partial charge in [-0.15, -0.1) is 0 Å². The zero-order valence-electron chi connectivity index (χ0n) is 12.1. The minimum atomic E-state index is -0.395. The summed E-state index contributed by atoms with van der Waals surface area (Å²) in [5, 5.41) is 0. The van der Waals surface area contributed by atoms with Crippen LogP contribution in [0.4, 0.5) is 10.3 Å². The van der Waals surface area contributed by atoms with Gasteiger partial charge in [0.2, 0.25) is 5.95 Å². The highest BCUT2D eigenvalue weighted by molar-refractivity contribution is 5.29. The van der Waals surface area contributed by atoms with Gasteiger partial charge in [0.25, 0.3) is 0 Å². The second-order valence-corrected chi connectivity index (χ2v) is 5.34. The van der Waals surface area contributed by atoms with Crippen LogP contribution in [0.5, 0.6) is 0 Å². The first-order valence-electron chi connectivity index (χ1n) is 7.49. The Labute approximate surface area is 123 Å². The van der Waals surface area contributed by atoms with Crippen molar-refractivity contribution in [2.45, 2.75) is 19.1 Å². The fourth-order valence-corrected chi connectivity index (χ4v) is 2.70. The molecular formula is C14H21FN4O2. The van der Waals surface area contributed by atoms with Crippen LogP contribution in [0, 0.1) is 5.82 Å². The van der Waals surface area contributed by atoms with Crippen molar-refractivity contribution in [1.82, 2.24) is 14.9 Å². The fraction of sp³-hybridized carbons (Fsp3) is 0.714. The summed E-state index contributed by atoms with van der Waals surface area (Å²) < 4.78 is 23.7. The fourth-order valence-electron chi connectivity index (χ4n) is 2.70. The maximum atomic E-state index is 12.8. The molecule has 0 aromatic carbocycles. The van der Waals surface area contributed by atoms with E-state index in [1.165, 1.54) is 12.4 Å². The molecule has 21 heavy (non-hydrogen) atoms. The molecule has 1 aromatic heterocycles. The number of aromatic nitrogens is 2.